The van der Waals surface area contributed by atoms with Crippen molar-refractivity contribution in [1.29, 1.82) is 0 Å². The van der Waals surface area contributed by atoms with Crippen molar-refractivity contribution in [2.75, 3.05) is 13.2 Å². The quantitative estimate of drug-likeness (QED) is 0.729. The first-order valence-corrected chi connectivity index (χ1v) is 6.38. The van der Waals surface area contributed by atoms with Gasteiger partial charge in [-0.2, -0.15) is 0 Å². The van der Waals surface area contributed by atoms with Gasteiger partial charge in [-0.25, -0.2) is 0 Å². The Kier molecular flexibility index (Phi) is 4.42. The van der Waals surface area contributed by atoms with Crippen molar-refractivity contribution in [3.63, 3.8) is 0 Å². The highest BCUT2D eigenvalue weighted by molar-refractivity contribution is 4.84. The van der Waals surface area contributed by atoms with E-state index in [1.54, 1.807) is 0 Å². The Labute approximate surface area is 92.2 Å². The molecule has 0 radical (unpaired) electrons. The minimum Gasteiger partial charge on any atom is -0.392 e. The Morgan fingerprint density at radius 2 is 1.80 bits per heavy atom. The van der Waals surface area contributed by atoms with Gasteiger partial charge in [-0.3, -0.25) is 0 Å². The highest BCUT2D eigenvalue weighted by Crippen LogP contribution is 2.20. The number of rotatable bonds is 2. The molecule has 1 aliphatic carbocycles. The molecule has 2 aliphatic rings. The van der Waals surface area contributed by atoms with Gasteiger partial charge in [0.05, 0.1) is 6.10 Å². The maximum atomic E-state index is 9.88. The first-order chi connectivity index (χ1) is 7.36. The van der Waals surface area contributed by atoms with Gasteiger partial charge >= 0.3 is 0 Å². The summed E-state index contributed by atoms with van der Waals surface area (Å²) < 4.78 is 5.44. The maximum Gasteiger partial charge on any atom is 0.0693 e. The van der Waals surface area contributed by atoms with Gasteiger partial charge in [0, 0.05) is 25.3 Å². The molecule has 1 saturated heterocycles. The fourth-order valence-electron chi connectivity index (χ4n) is 2.68. The van der Waals surface area contributed by atoms with Crippen molar-refractivity contribution >= 4 is 0 Å². The van der Waals surface area contributed by atoms with E-state index in [2.05, 4.69) is 5.32 Å². The van der Waals surface area contributed by atoms with Crippen LogP contribution in [0.2, 0.25) is 0 Å². The summed E-state index contributed by atoms with van der Waals surface area (Å²) >= 11 is 0. The molecular formula is C12H23NO2. The maximum absolute atomic E-state index is 9.88. The lowest BCUT2D eigenvalue weighted by Gasteiger charge is -2.31. The van der Waals surface area contributed by atoms with Gasteiger partial charge in [0.2, 0.25) is 0 Å². The van der Waals surface area contributed by atoms with E-state index >= 15 is 0 Å². The van der Waals surface area contributed by atoms with Gasteiger partial charge in [0.25, 0.3) is 0 Å². The van der Waals surface area contributed by atoms with E-state index in [0.29, 0.717) is 12.1 Å². The Balaban J connectivity index is 1.78. The molecule has 0 spiro atoms. The Morgan fingerprint density at radius 3 is 2.67 bits per heavy atom. The molecule has 0 bridgehead atoms. The second kappa shape index (κ2) is 5.83. The zero-order valence-electron chi connectivity index (χ0n) is 9.45. The van der Waals surface area contributed by atoms with Crippen molar-refractivity contribution in [2.24, 2.45) is 0 Å². The summed E-state index contributed by atoms with van der Waals surface area (Å²) in [6, 6.07) is 0.895. The van der Waals surface area contributed by atoms with Gasteiger partial charge in [0.1, 0.15) is 0 Å². The number of hydrogen-bond acceptors (Lipinski definition) is 3. The zero-order chi connectivity index (χ0) is 10.5. The van der Waals surface area contributed by atoms with Gasteiger partial charge in [-0.15, -0.1) is 0 Å². The topological polar surface area (TPSA) is 41.5 Å². The lowest BCUT2D eigenvalue weighted by atomic mass is 9.91. The first kappa shape index (κ1) is 11.4. The highest BCUT2D eigenvalue weighted by atomic mass is 16.5. The predicted octanol–water partition coefficient (Wildman–Crippen LogP) is 1.45. The van der Waals surface area contributed by atoms with Gasteiger partial charge in [0.15, 0.2) is 0 Å². The third kappa shape index (κ3) is 3.44. The fraction of sp³-hybridized carbons (Fsp3) is 1.00. The van der Waals surface area contributed by atoms with Gasteiger partial charge < -0.3 is 15.2 Å². The molecule has 0 aromatic carbocycles. The Bertz CT molecular complexity index is 178. The molecule has 3 atom stereocenters. The molecule has 3 unspecified atom stereocenters. The summed E-state index contributed by atoms with van der Waals surface area (Å²) in [5.41, 5.74) is 0. The van der Waals surface area contributed by atoms with Crippen molar-refractivity contribution in [1.82, 2.24) is 5.32 Å². The number of aliphatic hydroxyl groups is 1. The van der Waals surface area contributed by atoms with E-state index in [9.17, 15) is 5.11 Å². The van der Waals surface area contributed by atoms with E-state index < -0.39 is 0 Å². The summed E-state index contributed by atoms with van der Waals surface area (Å²) in [4.78, 5) is 0. The SMILES string of the molecule is OC1CCCCC1NC1CCCOCC1. The predicted molar refractivity (Wildman–Crippen MR) is 59.9 cm³/mol. The standard InChI is InChI=1S/C12H23NO2/c14-12-6-2-1-5-11(12)13-10-4-3-8-15-9-7-10/h10-14H,1-9H2. The van der Waals surface area contributed by atoms with Crippen LogP contribution in [0.4, 0.5) is 0 Å². The van der Waals surface area contributed by atoms with Crippen molar-refractivity contribution in [3.8, 4) is 0 Å². The average molecular weight is 213 g/mol. The lowest BCUT2D eigenvalue weighted by molar-refractivity contribution is 0.0823. The van der Waals surface area contributed by atoms with E-state index in [-0.39, 0.29) is 6.10 Å². The normalized spacial score (nSPS) is 38.6. The Hall–Kier alpha value is -0.120. The molecule has 1 saturated carbocycles. The first-order valence-electron chi connectivity index (χ1n) is 6.38. The molecule has 3 nitrogen and oxygen atoms in total. The van der Waals surface area contributed by atoms with Crippen LogP contribution in [-0.2, 0) is 4.74 Å². The third-order valence-corrected chi connectivity index (χ3v) is 3.63. The van der Waals surface area contributed by atoms with Crippen LogP contribution >= 0.6 is 0 Å². The minimum atomic E-state index is -0.122. The summed E-state index contributed by atoms with van der Waals surface area (Å²) in [5, 5.41) is 13.5. The van der Waals surface area contributed by atoms with Gasteiger partial charge in [-0.1, -0.05) is 12.8 Å². The molecule has 1 aliphatic heterocycles. The highest BCUT2D eigenvalue weighted by Gasteiger charge is 2.25. The van der Waals surface area contributed by atoms with Crippen LogP contribution in [0.25, 0.3) is 0 Å². The third-order valence-electron chi connectivity index (χ3n) is 3.63. The number of hydrogen-bond donors (Lipinski definition) is 2. The molecule has 15 heavy (non-hydrogen) atoms. The fourth-order valence-corrected chi connectivity index (χ4v) is 2.68. The van der Waals surface area contributed by atoms with E-state index in [1.807, 2.05) is 0 Å². The van der Waals surface area contributed by atoms with E-state index in [0.717, 1.165) is 38.9 Å². The number of aliphatic hydroxyl groups excluding tert-OH is 1. The molecule has 0 aromatic heterocycles. The second-order valence-electron chi connectivity index (χ2n) is 4.87. The monoisotopic (exact) mass is 213 g/mol. The van der Waals surface area contributed by atoms with Crippen LogP contribution in [0.3, 0.4) is 0 Å². The van der Waals surface area contributed by atoms with Crippen LogP contribution in [0, 0.1) is 0 Å². The molecule has 2 fully saturated rings. The van der Waals surface area contributed by atoms with Crippen LogP contribution in [-0.4, -0.2) is 36.5 Å². The van der Waals surface area contributed by atoms with Gasteiger partial charge in [-0.05, 0) is 32.1 Å². The van der Waals surface area contributed by atoms with Crippen LogP contribution in [0.5, 0.6) is 0 Å². The van der Waals surface area contributed by atoms with E-state index in [1.165, 1.54) is 19.3 Å². The molecule has 0 amide bonds. The summed E-state index contributed by atoms with van der Waals surface area (Å²) in [5.74, 6) is 0. The second-order valence-corrected chi connectivity index (χ2v) is 4.87. The summed E-state index contributed by atoms with van der Waals surface area (Å²) in [6.45, 7) is 1.78. The molecule has 2 rings (SSSR count). The minimum absolute atomic E-state index is 0.122. The zero-order valence-corrected chi connectivity index (χ0v) is 9.45. The number of nitrogens with one attached hydrogen (secondary N) is 1. The molecule has 88 valence electrons. The molecule has 1 heterocycles. The smallest absolute Gasteiger partial charge is 0.0693 e. The Morgan fingerprint density at radius 1 is 0.933 bits per heavy atom. The molecule has 2 N–H and O–H groups in total. The number of ether oxygens (including phenoxy) is 1. The molecular weight excluding hydrogens is 190 g/mol. The van der Waals surface area contributed by atoms with Crippen molar-refractivity contribution < 1.29 is 9.84 Å². The largest absolute Gasteiger partial charge is 0.392 e. The lowest BCUT2D eigenvalue weighted by Crippen LogP contribution is -2.47. The van der Waals surface area contributed by atoms with E-state index in [4.69, 9.17) is 4.74 Å². The van der Waals surface area contributed by atoms with Crippen molar-refractivity contribution in [3.05, 3.63) is 0 Å². The van der Waals surface area contributed by atoms with Crippen LogP contribution in [0.1, 0.15) is 44.9 Å². The molecule has 0 aromatic rings. The summed E-state index contributed by atoms with van der Waals surface area (Å²) in [7, 11) is 0. The summed E-state index contributed by atoms with van der Waals surface area (Å²) in [6.07, 6.45) is 7.89. The average Bonchev–Trinajstić information content (AvgIpc) is 2.50. The van der Waals surface area contributed by atoms with Crippen LogP contribution < -0.4 is 5.32 Å². The van der Waals surface area contributed by atoms with Crippen LogP contribution in [0.15, 0.2) is 0 Å². The molecule has 3 heteroatoms. The van der Waals surface area contributed by atoms with Crippen molar-refractivity contribution in [2.45, 2.75) is 63.1 Å².